The van der Waals surface area contributed by atoms with Gasteiger partial charge in [-0.2, -0.15) is 0 Å². The van der Waals surface area contributed by atoms with Crippen LogP contribution in [-0.2, 0) is 9.59 Å². The summed E-state index contributed by atoms with van der Waals surface area (Å²) in [6, 6.07) is 6.63. The predicted octanol–water partition coefficient (Wildman–Crippen LogP) is 0.871. The monoisotopic (exact) mass is 318 g/mol. The smallest absolute Gasteiger partial charge is 0.313 e. The molecule has 3 N–H and O–H groups in total. The minimum atomic E-state index is -0.867. The highest BCUT2D eigenvalue weighted by Crippen LogP contribution is 2.20. The maximum absolute atomic E-state index is 11.8. The number of amides is 2. The molecule has 0 atom stereocenters. The average Bonchev–Trinajstić information content (AvgIpc) is 2.94. The molecule has 0 fully saturated rings. The Bertz CT molecular complexity index is 707. The van der Waals surface area contributed by atoms with Gasteiger partial charge in [0.15, 0.2) is 0 Å². The van der Waals surface area contributed by atoms with Crippen molar-refractivity contribution in [1.29, 1.82) is 0 Å². The van der Waals surface area contributed by atoms with E-state index in [0.717, 1.165) is 0 Å². The fraction of sp³-hybridized carbons (Fsp3) is 0.333. The van der Waals surface area contributed by atoms with E-state index in [1.54, 1.807) is 45.0 Å². The van der Waals surface area contributed by atoms with E-state index in [1.165, 1.54) is 0 Å². The maximum atomic E-state index is 11.8. The van der Waals surface area contributed by atoms with Crippen molar-refractivity contribution in [2.75, 3.05) is 11.9 Å². The van der Waals surface area contributed by atoms with Crippen LogP contribution in [0.1, 0.15) is 19.7 Å². The van der Waals surface area contributed by atoms with Crippen molar-refractivity contribution >= 4 is 17.5 Å². The number of hydrogen-bond donors (Lipinski definition) is 3. The van der Waals surface area contributed by atoms with Gasteiger partial charge in [0.25, 0.3) is 0 Å². The number of nitrogens with one attached hydrogen (secondary N) is 2. The first-order valence-corrected chi connectivity index (χ1v) is 6.95. The van der Waals surface area contributed by atoms with Crippen LogP contribution in [-0.4, -0.2) is 39.3 Å². The number of aromatic nitrogens is 2. The number of carbonyl (C=O) groups excluding carboxylic acids is 2. The fourth-order valence-corrected chi connectivity index (χ4v) is 1.70. The Hall–Kier alpha value is -2.74. The topological polar surface area (TPSA) is 117 Å². The highest BCUT2D eigenvalue weighted by molar-refractivity contribution is 6.39. The molecule has 0 bridgehead atoms. The summed E-state index contributed by atoms with van der Waals surface area (Å²) in [7, 11) is 0. The molecule has 2 amide bonds. The lowest BCUT2D eigenvalue weighted by molar-refractivity contribution is -0.137. The van der Waals surface area contributed by atoms with Crippen LogP contribution in [0.2, 0.25) is 0 Å². The Morgan fingerprint density at radius 3 is 2.35 bits per heavy atom. The summed E-state index contributed by atoms with van der Waals surface area (Å²) in [6.07, 6.45) is 0. The quantitative estimate of drug-likeness (QED) is 0.720. The summed E-state index contributed by atoms with van der Waals surface area (Å²) < 4.78 is 5.30. The maximum Gasteiger partial charge on any atom is 0.313 e. The molecule has 0 aliphatic rings. The number of hydrogen-bond acceptors (Lipinski definition) is 6. The summed E-state index contributed by atoms with van der Waals surface area (Å²) in [6.45, 7) is 4.64. The van der Waals surface area contributed by atoms with Crippen molar-refractivity contribution in [3.05, 3.63) is 30.2 Å². The van der Waals surface area contributed by atoms with Gasteiger partial charge in [-0.05, 0) is 38.1 Å². The number of anilines is 1. The molecule has 2 rings (SSSR count). The molecule has 0 aliphatic heterocycles. The molecular formula is C15H18N4O4. The van der Waals surface area contributed by atoms with Crippen LogP contribution in [0.4, 0.5) is 5.69 Å². The fourth-order valence-electron chi connectivity index (χ4n) is 1.70. The van der Waals surface area contributed by atoms with Gasteiger partial charge in [-0.1, -0.05) is 0 Å². The summed E-state index contributed by atoms with van der Waals surface area (Å²) in [4.78, 5) is 23.6. The van der Waals surface area contributed by atoms with E-state index < -0.39 is 17.4 Å². The normalized spacial score (nSPS) is 11.1. The van der Waals surface area contributed by atoms with Gasteiger partial charge in [-0.25, -0.2) is 0 Å². The summed E-state index contributed by atoms with van der Waals surface area (Å²) >= 11 is 0. The molecule has 0 saturated heterocycles. The van der Waals surface area contributed by atoms with Crippen LogP contribution in [0.3, 0.4) is 0 Å². The molecule has 0 unspecified atom stereocenters. The molecule has 1 aromatic carbocycles. The molecule has 0 aliphatic carbocycles. The highest BCUT2D eigenvalue weighted by atomic mass is 16.4. The first-order valence-electron chi connectivity index (χ1n) is 6.95. The van der Waals surface area contributed by atoms with Gasteiger partial charge in [0.2, 0.25) is 11.8 Å². The predicted molar refractivity (Wildman–Crippen MR) is 82.4 cm³/mol. The van der Waals surface area contributed by atoms with Crippen LogP contribution in [0.25, 0.3) is 11.5 Å². The minimum Gasteiger partial charge on any atom is -0.421 e. The number of aliphatic hydroxyl groups excluding tert-OH is 1. The van der Waals surface area contributed by atoms with Crippen molar-refractivity contribution in [3.63, 3.8) is 0 Å². The number of rotatable bonds is 4. The Labute approximate surface area is 132 Å². The first kappa shape index (κ1) is 16.6. The lowest BCUT2D eigenvalue weighted by Gasteiger charge is -2.22. The lowest BCUT2D eigenvalue weighted by Crippen LogP contribution is -2.50. The van der Waals surface area contributed by atoms with Gasteiger partial charge in [0, 0.05) is 18.2 Å². The molecule has 1 heterocycles. The Morgan fingerprint density at radius 1 is 1.17 bits per heavy atom. The molecule has 8 nitrogen and oxygen atoms in total. The van der Waals surface area contributed by atoms with Crippen molar-refractivity contribution in [3.8, 4) is 11.5 Å². The van der Waals surface area contributed by atoms with Crippen LogP contribution in [0, 0.1) is 6.92 Å². The van der Waals surface area contributed by atoms with E-state index in [9.17, 15) is 9.59 Å². The lowest BCUT2D eigenvalue weighted by atomic mass is 10.1. The molecule has 1 aromatic heterocycles. The zero-order chi connectivity index (χ0) is 17.0. The van der Waals surface area contributed by atoms with Gasteiger partial charge in [-0.15, -0.1) is 10.2 Å². The molecular weight excluding hydrogens is 300 g/mol. The number of benzene rings is 1. The second-order valence-electron chi connectivity index (χ2n) is 5.65. The number of carbonyl (C=O) groups is 2. The Kier molecular flexibility index (Phi) is 4.75. The number of aryl methyl sites for hydroxylation is 1. The molecule has 2 aromatic rings. The SMILES string of the molecule is Cc1nnc(-c2ccc(NC(=O)C(=O)NC(C)(C)CO)cc2)o1. The summed E-state index contributed by atoms with van der Waals surface area (Å²) in [5, 5.41) is 21.6. The van der Waals surface area contributed by atoms with E-state index >= 15 is 0 Å². The molecule has 0 spiro atoms. The van der Waals surface area contributed by atoms with Crippen LogP contribution < -0.4 is 10.6 Å². The van der Waals surface area contributed by atoms with E-state index in [0.29, 0.717) is 23.0 Å². The summed E-state index contributed by atoms with van der Waals surface area (Å²) in [5.74, 6) is -0.795. The van der Waals surface area contributed by atoms with Gasteiger partial charge >= 0.3 is 11.8 Å². The number of nitrogens with zero attached hydrogens (tertiary/aromatic N) is 2. The Morgan fingerprint density at radius 2 is 1.83 bits per heavy atom. The van der Waals surface area contributed by atoms with E-state index in [-0.39, 0.29) is 6.61 Å². The third kappa shape index (κ3) is 4.36. The van der Waals surface area contributed by atoms with Crippen molar-refractivity contribution in [2.45, 2.75) is 26.3 Å². The van der Waals surface area contributed by atoms with E-state index in [1.807, 2.05) is 0 Å². The molecule has 122 valence electrons. The molecule has 23 heavy (non-hydrogen) atoms. The van der Waals surface area contributed by atoms with E-state index in [2.05, 4.69) is 20.8 Å². The minimum absolute atomic E-state index is 0.273. The van der Waals surface area contributed by atoms with Gasteiger partial charge in [0.05, 0.1) is 12.1 Å². The second-order valence-corrected chi connectivity index (χ2v) is 5.65. The average molecular weight is 318 g/mol. The zero-order valence-corrected chi connectivity index (χ0v) is 13.1. The van der Waals surface area contributed by atoms with Crippen LogP contribution >= 0.6 is 0 Å². The number of aliphatic hydroxyl groups is 1. The Balaban J connectivity index is 2.00. The van der Waals surface area contributed by atoms with Gasteiger partial charge in [0.1, 0.15) is 0 Å². The second kappa shape index (κ2) is 6.57. The highest BCUT2D eigenvalue weighted by Gasteiger charge is 2.23. The first-order chi connectivity index (χ1) is 10.8. The largest absolute Gasteiger partial charge is 0.421 e. The standard InChI is InChI=1S/C15H18N4O4/c1-9-18-19-14(23-9)10-4-6-11(7-5-10)16-12(21)13(22)17-15(2,3)8-20/h4-7,20H,8H2,1-3H3,(H,16,21)(H,17,22). The summed E-state index contributed by atoms with van der Waals surface area (Å²) in [5.41, 5.74) is 0.287. The van der Waals surface area contributed by atoms with Crippen LogP contribution in [0.15, 0.2) is 28.7 Å². The third-order valence-corrected chi connectivity index (χ3v) is 2.97. The zero-order valence-electron chi connectivity index (χ0n) is 13.1. The molecule has 0 radical (unpaired) electrons. The van der Waals surface area contributed by atoms with Crippen LogP contribution in [0.5, 0.6) is 0 Å². The van der Waals surface area contributed by atoms with Gasteiger partial charge in [-0.3, -0.25) is 9.59 Å². The van der Waals surface area contributed by atoms with Crippen molar-refractivity contribution < 1.29 is 19.1 Å². The van der Waals surface area contributed by atoms with Crippen molar-refractivity contribution in [1.82, 2.24) is 15.5 Å². The van der Waals surface area contributed by atoms with Gasteiger partial charge < -0.3 is 20.2 Å². The molecule has 0 saturated carbocycles. The molecule has 8 heteroatoms. The third-order valence-electron chi connectivity index (χ3n) is 2.97. The van der Waals surface area contributed by atoms with Crippen molar-refractivity contribution in [2.24, 2.45) is 0 Å². The van der Waals surface area contributed by atoms with E-state index in [4.69, 9.17) is 9.52 Å².